The van der Waals surface area contributed by atoms with Crippen LogP contribution in [0.25, 0.3) is 0 Å². The van der Waals surface area contributed by atoms with E-state index in [0.717, 1.165) is 10.5 Å². The lowest BCUT2D eigenvalue weighted by atomic mass is 10.0. The van der Waals surface area contributed by atoms with Crippen LogP contribution in [0.2, 0.25) is 0 Å². The van der Waals surface area contributed by atoms with Crippen LogP contribution >= 0.6 is 0 Å². The van der Waals surface area contributed by atoms with Gasteiger partial charge in [0.2, 0.25) is 0 Å². The lowest BCUT2D eigenvalue weighted by Crippen LogP contribution is -2.54. The number of likely N-dealkylation sites (N-methyl/N-ethyl adjacent to an activating group) is 1. The summed E-state index contributed by atoms with van der Waals surface area (Å²) in [6.45, 7) is 5.22. The van der Waals surface area contributed by atoms with E-state index >= 15 is 0 Å². The second kappa shape index (κ2) is 8.53. The molecule has 0 aliphatic heterocycles. The molecule has 23 heavy (non-hydrogen) atoms. The highest BCUT2D eigenvalue weighted by Gasteiger charge is 2.27. The quantitative estimate of drug-likeness (QED) is 0.593. The van der Waals surface area contributed by atoms with Crippen molar-refractivity contribution in [3.8, 4) is 0 Å². The van der Waals surface area contributed by atoms with Gasteiger partial charge in [-0.05, 0) is 39.2 Å². The maximum absolute atomic E-state index is 11.9. The van der Waals surface area contributed by atoms with Gasteiger partial charge in [0.05, 0.1) is 6.10 Å². The Labute approximate surface area is 137 Å². The number of ether oxygens (including phenoxy) is 1. The van der Waals surface area contributed by atoms with Gasteiger partial charge in [0, 0.05) is 7.05 Å². The van der Waals surface area contributed by atoms with Crippen molar-refractivity contribution in [2.75, 3.05) is 7.05 Å². The van der Waals surface area contributed by atoms with Gasteiger partial charge in [-0.1, -0.05) is 30.3 Å². The van der Waals surface area contributed by atoms with Gasteiger partial charge < -0.3 is 14.7 Å². The summed E-state index contributed by atoms with van der Waals surface area (Å²) in [6, 6.07) is 9.67. The maximum atomic E-state index is 11.9. The first-order valence-corrected chi connectivity index (χ1v) is 7.55. The van der Waals surface area contributed by atoms with Crippen LogP contribution in [0, 0.1) is 0 Å². The number of benzene rings is 1. The molecule has 1 rings (SSSR count). The van der Waals surface area contributed by atoms with Crippen molar-refractivity contribution < 1.29 is 19.4 Å². The van der Waals surface area contributed by atoms with Crippen molar-refractivity contribution in [3.05, 3.63) is 35.9 Å². The molecule has 127 valence electrons. The molecule has 0 heterocycles. The first kappa shape index (κ1) is 19.0. The number of carbonyl (C=O) groups excluding carboxylic acids is 2. The number of hydrogen-bond donors (Lipinski definition) is 2. The van der Waals surface area contributed by atoms with Crippen molar-refractivity contribution in [1.82, 2.24) is 10.2 Å². The standard InChI is InChI=1S/C17H25N2O4/c1-17(2,3)23-16(22)18-15(19(4)12-20)14(21)11-10-13-8-6-5-7-9-13/h5-9,14-15,21H,10-11H2,1-4H3,(H,18,22)/t14-,15?/m0/s1. The predicted octanol–water partition coefficient (Wildman–Crippen LogP) is 1.83. The molecule has 2 amide bonds. The van der Waals surface area contributed by atoms with Crippen molar-refractivity contribution in [2.24, 2.45) is 0 Å². The number of alkyl carbamates (subject to hydrolysis) is 1. The molecule has 1 radical (unpaired) electrons. The summed E-state index contributed by atoms with van der Waals surface area (Å²) in [5, 5.41) is 12.8. The SMILES string of the molecule is CN([C]=O)C(NC(=O)OC(C)(C)C)[C@@H](O)CCc1ccccc1. The zero-order chi connectivity index (χ0) is 17.5. The largest absolute Gasteiger partial charge is 0.444 e. The highest BCUT2D eigenvalue weighted by atomic mass is 16.6. The number of carbonyl (C=O) groups is 1. The van der Waals surface area contributed by atoms with E-state index in [1.807, 2.05) is 30.3 Å². The second-order valence-electron chi connectivity index (χ2n) is 6.38. The molecule has 0 aromatic heterocycles. The molecule has 0 bridgehead atoms. The summed E-state index contributed by atoms with van der Waals surface area (Å²) in [5.41, 5.74) is 0.410. The van der Waals surface area contributed by atoms with E-state index in [9.17, 15) is 14.7 Å². The third-order valence-corrected chi connectivity index (χ3v) is 3.16. The van der Waals surface area contributed by atoms with Gasteiger partial charge in [-0.15, -0.1) is 0 Å². The third-order valence-electron chi connectivity index (χ3n) is 3.16. The molecule has 1 aromatic rings. The van der Waals surface area contributed by atoms with Crippen LogP contribution in [0.1, 0.15) is 32.8 Å². The van der Waals surface area contributed by atoms with Crippen molar-refractivity contribution in [1.29, 1.82) is 0 Å². The number of nitrogens with one attached hydrogen (secondary N) is 1. The number of nitrogens with zero attached hydrogens (tertiary/aromatic N) is 1. The van der Waals surface area contributed by atoms with Crippen LogP contribution in [-0.2, 0) is 16.0 Å². The number of rotatable bonds is 7. The zero-order valence-corrected chi connectivity index (χ0v) is 14.1. The highest BCUT2D eigenvalue weighted by molar-refractivity contribution is 5.68. The summed E-state index contributed by atoms with van der Waals surface area (Å²) in [6.07, 6.45) is 0.153. The van der Waals surface area contributed by atoms with Crippen LogP contribution in [0.3, 0.4) is 0 Å². The Morgan fingerprint density at radius 3 is 2.48 bits per heavy atom. The van der Waals surface area contributed by atoms with Gasteiger partial charge >= 0.3 is 12.5 Å². The summed E-state index contributed by atoms with van der Waals surface area (Å²) in [7, 11) is 1.45. The van der Waals surface area contributed by atoms with Gasteiger partial charge in [-0.3, -0.25) is 10.1 Å². The van der Waals surface area contributed by atoms with Crippen LogP contribution in [-0.4, -0.2) is 47.4 Å². The van der Waals surface area contributed by atoms with E-state index in [1.165, 1.54) is 7.05 Å². The van der Waals surface area contributed by atoms with Crippen LogP contribution in [0.4, 0.5) is 4.79 Å². The van der Waals surface area contributed by atoms with E-state index in [4.69, 9.17) is 4.74 Å². The predicted molar refractivity (Wildman–Crippen MR) is 87.4 cm³/mol. The fourth-order valence-electron chi connectivity index (χ4n) is 2.05. The van der Waals surface area contributed by atoms with Crippen molar-refractivity contribution in [2.45, 2.75) is 51.5 Å². The monoisotopic (exact) mass is 321 g/mol. The van der Waals surface area contributed by atoms with E-state index < -0.39 is 24.0 Å². The fourth-order valence-corrected chi connectivity index (χ4v) is 2.05. The van der Waals surface area contributed by atoms with Gasteiger partial charge in [0.1, 0.15) is 11.8 Å². The topological polar surface area (TPSA) is 78.9 Å². The Morgan fingerprint density at radius 1 is 1.35 bits per heavy atom. The van der Waals surface area contributed by atoms with Crippen molar-refractivity contribution in [3.63, 3.8) is 0 Å². The lowest BCUT2D eigenvalue weighted by molar-refractivity contribution is 0.0263. The smallest absolute Gasteiger partial charge is 0.409 e. The second-order valence-corrected chi connectivity index (χ2v) is 6.38. The van der Waals surface area contributed by atoms with Crippen LogP contribution in [0.15, 0.2) is 30.3 Å². The Morgan fingerprint density at radius 2 is 1.96 bits per heavy atom. The summed E-state index contributed by atoms with van der Waals surface area (Å²) >= 11 is 0. The molecule has 0 aliphatic carbocycles. The molecule has 0 saturated heterocycles. The Balaban J connectivity index is 2.65. The molecule has 2 N–H and O–H groups in total. The maximum Gasteiger partial charge on any atom is 0.409 e. The molecule has 0 fully saturated rings. The van der Waals surface area contributed by atoms with Crippen LogP contribution < -0.4 is 5.32 Å². The van der Waals surface area contributed by atoms with Gasteiger partial charge in [-0.25, -0.2) is 4.79 Å². The van der Waals surface area contributed by atoms with E-state index in [0.29, 0.717) is 12.8 Å². The first-order chi connectivity index (χ1) is 10.7. The molecular formula is C17H25N2O4. The zero-order valence-electron chi connectivity index (χ0n) is 14.1. The van der Waals surface area contributed by atoms with Gasteiger partial charge in [-0.2, -0.15) is 0 Å². The molecule has 0 aliphatic rings. The molecule has 2 atom stereocenters. The summed E-state index contributed by atoms with van der Waals surface area (Å²) < 4.78 is 5.16. The lowest BCUT2D eigenvalue weighted by Gasteiger charge is -2.30. The number of aliphatic hydroxyl groups is 1. The molecule has 6 heteroatoms. The Hall–Kier alpha value is -2.08. The van der Waals surface area contributed by atoms with E-state index in [-0.39, 0.29) is 0 Å². The van der Waals surface area contributed by atoms with Gasteiger partial charge in [0.25, 0.3) is 0 Å². The number of aliphatic hydroxyl groups excluding tert-OH is 1. The number of amides is 2. The molecule has 0 spiro atoms. The summed E-state index contributed by atoms with van der Waals surface area (Å²) in [4.78, 5) is 23.9. The number of hydrogen-bond acceptors (Lipinski definition) is 4. The Kier molecular flexibility index (Phi) is 7.03. The number of aryl methyl sites for hydroxylation is 1. The molecule has 0 saturated carbocycles. The molecule has 1 unspecified atom stereocenters. The van der Waals surface area contributed by atoms with E-state index in [1.54, 1.807) is 27.2 Å². The average molecular weight is 321 g/mol. The van der Waals surface area contributed by atoms with Crippen LogP contribution in [0.5, 0.6) is 0 Å². The molecule has 6 nitrogen and oxygen atoms in total. The normalized spacial score (nSPS) is 13.8. The Bertz CT molecular complexity index is 499. The third kappa shape index (κ3) is 7.15. The summed E-state index contributed by atoms with van der Waals surface area (Å²) in [5.74, 6) is 0. The van der Waals surface area contributed by atoms with E-state index in [2.05, 4.69) is 5.32 Å². The first-order valence-electron chi connectivity index (χ1n) is 7.55. The molecule has 1 aromatic carbocycles. The minimum absolute atomic E-state index is 0.385. The van der Waals surface area contributed by atoms with Crippen molar-refractivity contribution >= 4 is 12.5 Å². The van der Waals surface area contributed by atoms with Gasteiger partial charge in [0.15, 0.2) is 0 Å². The highest BCUT2D eigenvalue weighted by Crippen LogP contribution is 2.11. The average Bonchev–Trinajstić information content (AvgIpc) is 2.49. The minimum Gasteiger partial charge on any atom is -0.444 e. The fraction of sp³-hybridized carbons (Fsp3) is 0.529. The molecular weight excluding hydrogens is 296 g/mol. The minimum atomic E-state index is -0.936.